The largest absolute Gasteiger partial charge is 0.370 e. The molecule has 0 bridgehead atoms. The lowest BCUT2D eigenvalue weighted by Crippen LogP contribution is -2.35. The number of aromatic amines is 1. The number of allylic oxidation sites excluding steroid dienone is 1. The van der Waals surface area contributed by atoms with Crippen molar-refractivity contribution in [3.8, 4) is 5.69 Å². The van der Waals surface area contributed by atoms with Crippen molar-refractivity contribution in [1.82, 2.24) is 25.2 Å². The summed E-state index contributed by atoms with van der Waals surface area (Å²) < 4.78 is 7.97. The molecule has 2 saturated heterocycles. The fourth-order valence-electron chi connectivity index (χ4n) is 5.20. The van der Waals surface area contributed by atoms with Crippen LogP contribution in [0.4, 0.5) is 0 Å². The maximum absolute atomic E-state index is 12.8. The van der Waals surface area contributed by atoms with E-state index in [1.807, 2.05) is 36.5 Å². The summed E-state index contributed by atoms with van der Waals surface area (Å²) in [6.07, 6.45) is 7.53. The summed E-state index contributed by atoms with van der Waals surface area (Å²) in [5.41, 5.74) is 8.71. The predicted molar refractivity (Wildman–Crippen MR) is 137 cm³/mol. The van der Waals surface area contributed by atoms with E-state index in [1.165, 1.54) is 0 Å². The summed E-state index contributed by atoms with van der Waals surface area (Å²) in [6.45, 7) is 6.56. The highest BCUT2D eigenvalue weighted by Crippen LogP contribution is 2.36. The first-order valence-electron chi connectivity index (χ1n) is 12.3. The Kier molecular flexibility index (Phi) is 6.70. The molecular weight excluding hydrogens is 442 g/mol. The molecule has 184 valence electrons. The van der Waals surface area contributed by atoms with Crippen LogP contribution in [0.25, 0.3) is 16.7 Å². The van der Waals surface area contributed by atoms with Crippen LogP contribution >= 0.6 is 0 Å². The van der Waals surface area contributed by atoms with E-state index in [0.717, 1.165) is 61.1 Å². The third kappa shape index (κ3) is 5.16. The summed E-state index contributed by atoms with van der Waals surface area (Å²) >= 11 is 0. The van der Waals surface area contributed by atoms with Gasteiger partial charge in [-0.2, -0.15) is 4.98 Å². The zero-order valence-corrected chi connectivity index (χ0v) is 19.8. The predicted octanol–water partition coefficient (Wildman–Crippen LogP) is 2.69. The van der Waals surface area contributed by atoms with Crippen molar-refractivity contribution in [2.24, 2.45) is 11.7 Å². The molecule has 2 aliphatic rings. The molecule has 2 aliphatic heterocycles. The molecule has 0 amide bonds. The molecule has 2 aromatic heterocycles. The second kappa shape index (κ2) is 10.1. The van der Waals surface area contributed by atoms with Gasteiger partial charge in [0, 0.05) is 36.3 Å². The third-order valence-electron chi connectivity index (χ3n) is 7.13. The number of ether oxygens (including phenoxy) is 1. The molecule has 5 rings (SSSR count). The molecule has 0 saturated carbocycles. The standard InChI is InChI=1S/C26H33N7O2/c1-2-16-11-21(8-10-30-25(27)28)35-23(12-16)17-3-5-20(6-4-17)33-15-19-13-22(18-7-9-29-14-18)31-24(19)32-26(33)34/h2-6,13,15-16,18,21,23,29H,1,7-12,14H2,(H4,27,28,30)(H,31,32,34)/t16-,18?,21+,23-/m0/s1. The maximum Gasteiger partial charge on any atom is 0.354 e. The van der Waals surface area contributed by atoms with Crippen molar-refractivity contribution in [2.75, 3.05) is 19.6 Å². The van der Waals surface area contributed by atoms with Gasteiger partial charge in [-0.3, -0.25) is 9.98 Å². The van der Waals surface area contributed by atoms with Crippen LogP contribution in [0.5, 0.6) is 0 Å². The number of fused-ring (bicyclic) bond motifs is 1. The Morgan fingerprint density at radius 1 is 1.34 bits per heavy atom. The van der Waals surface area contributed by atoms with E-state index in [9.17, 15) is 4.79 Å². The second-order valence-corrected chi connectivity index (χ2v) is 9.55. The fraction of sp³-hybridized carbons (Fsp3) is 0.423. The van der Waals surface area contributed by atoms with Gasteiger partial charge in [0.2, 0.25) is 0 Å². The normalized spacial score (nSPS) is 24.5. The molecule has 3 aromatic rings. The minimum Gasteiger partial charge on any atom is -0.370 e. The zero-order valence-electron chi connectivity index (χ0n) is 19.8. The topological polar surface area (TPSA) is 134 Å². The lowest BCUT2D eigenvalue weighted by Gasteiger charge is -2.34. The molecule has 9 heteroatoms. The molecule has 0 spiro atoms. The Labute approximate surface area is 204 Å². The Hall–Kier alpha value is -3.43. The molecule has 1 unspecified atom stereocenters. The first kappa shape index (κ1) is 23.3. The highest BCUT2D eigenvalue weighted by atomic mass is 16.5. The molecule has 4 heterocycles. The molecule has 0 aliphatic carbocycles. The number of H-pyrrole nitrogens is 1. The Morgan fingerprint density at radius 3 is 2.89 bits per heavy atom. The van der Waals surface area contributed by atoms with E-state index in [4.69, 9.17) is 15.9 Å². The molecule has 9 nitrogen and oxygen atoms in total. The number of hydrogen-bond donors (Lipinski definition) is 5. The van der Waals surface area contributed by atoms with E-state index < -0.39 is 0 Å². The van der Waals surface area contributed by atoms with Crippen LogP contribution < -0.4 is 22.1 Å². The SMILES string of the molecule is C=C[C@H]1C[C@@H](CCNC(=N)N)O[C@H](c2ccc(-n3cc4cc(C5CCNC5)[nH]c4nc3=O)cc2)C1. The number of hydrogen-bond acceptors (Lipinski definition) is 5. The molecule has 6 N–H and O–H groups in total. The van der Waals surface area contributed by atoms with Gasteiger partial charge in [0.25, 0.3) is 0 Å². The Bertz CT molecular complexity index is 1260. The van der Waals surface area contributed by atoms with Crippen molar-refractivity contribution in [3.05, 3.63) is 70.9 Å². The first-order valence-corrected chi connectivity index (χ1v) is 12.3. The molecule has 1 aromatic carbocycles. The number of aromatic nitrogens is 3. The molecule has 0 radical (unpaired) electrons. The molecule has 35 heavy (non-hydrogen) atoms. The van der Waals surface area contributed by atoms with E-state index in [-0.39, 0.29) is 23.9 Å². The monoisotopic (exact) mass is 475 g/mol. The Morgan fingerprint density at radius 2 is 2.17 bits per heavy atom. The van der Waals surface area contributed by atoms with Crippen molar-refractivity contribution in [3.63, 3.8) is 0 Å². The lowest BCUT2D eigenvalue weighted by atomic mass is 9.88. The minimum absolute atomic E-state index is 0.0254. The summed E-state index contributed by atoms with van der Waals surface area (Å²) in [5.74, 6) is 0.773. The quantitative estimate of drug-likeness (QED) is 0.203. The van der Waals surface area contributed by atoms with Crippen LogP contribution in [0, 0.1) is 11.3 Å². The number of nitrogens with one attached hydrogen (secondary N) is 4. The number of benzene rings is 1. The fourth-order valence-corrected chi connectivity index (χ4v) is 5.20. The van der Waals surface area contributed by atoms with Crippen LogP contribution in [-0.4, -0.2) is 46.2 Å². The number of nitrogens with two attached hydrogens (primary N) is 1. The van der Waals surface area contributed by atoms with E-state index in [0.29, 0.717) is 24.0 Å². The van der Waals surface area contributed by atoms with Gasteiger partial charge in [-0.1, -0.05) is 18.2 Å². The molecule has 4 atom stereocenters. The van der Waals surface area contributed by atoms with Crippen molar-refractivity contribution in [1.29, 1.82) is 5.41 Å². The van der Waals surface area contributed by atoms with Gasteiger partial charge in [0.15, 0.2) is 5.96 Å². The van der Waals surface area contributed by atoms with Gasteiger partial charge < -0.3 is 26.1 Å². The average molecular weight is 476 g/mol. The third-order valence-corrected chi connectivity index (χ3v) is 7.13. The van der Waals surface area contributed by atoms with Gasteiger partial charge in [-0.05, 0) is 61.9 Å². The van der Waals surface area contributed by atoms with Gasteiger partial charge in [-0.25, -0.2) is 4.79 Å². The molecule has 2 fully saturated rings. The van der Waals surface area contributed by atoms with Crippen molar-refractivity contribution >= 4 is 17.0 Å². The van der Waals surface area contributed by atoms with Crippen LogP contribution in [-0.2, 0) is 4.74 Å². The van der Waals surface area contributed by atoms with Gasteiger partial charge in [-0.15, -0.1) is 6.58 Å². The van der Waals surface area contributed by atoms with Crippen molar-refractivity contribution < 1.29 is 4.74 Å². The van der Waals surface area contributed by atoms with E-state index in [1.54, 1.807) is 4.57 Å². The van der Waals surface area contributed by atoms with Crippen LogP contribution in [0.2, 0.25) is 0 Å². The number of guanidine groups is 1. The Balaban J connectivity index is 1.34. The van der Waals surface area contributed by atoms with Gasteiger partial charge in [0.05, 0.1) is 17.9 Å². The van der Waals surface area contributed by atoms with Gasteiger partial charge in [0.1, 0.15) is 5.65 Å². The summed E-state index contributed by atoms with van der Waals surface area (Å²) in [4.78, 5) is 20.4. The van der Waals surface area contributed by atoms with Crippen LogP contribution in [0.1, 0.15) is 49.0 Å². The van der Waals surface area contributed by atoms with Crippen molar-refractivity contribution in [2.45, 2.75) is 43.8 Å². The van der Waals surface area contributed by atoms with E-state index in [2.05, 4.69) is 33.2 Å². The highest BCUT2D eigenvalue weighted by molar-refractivity contribution is 5.76. The zero-order chi connectivity index (χ0) is 24.4. The second-order valence-electron chi connectivity index (χ2n) is 9.55. The molecular formula is C26H33N7O2. The highest BCUT2D eigenvalue weighted by Gasteiger charge is 2.29. The van der Waals surface area contributed by atoms with Crippen LogP contribution in [0.15, 0.2) is 54.0 Å². The van der Waals surface area contributed by atoms with E-state index >= 15 is 0 Å². The smallest absolute Gasteiger partial charge is 0.354 e. The van der Waals surface area contributed by atoms with Gasteiger partial charge >= 0.3 is 5.69 Å². The average Bonchev–Trinajstić information content (AvgIpc) is 3.53. The minimum atomic E-state index is -0.304. The summed E-state index contributed by atoms with van der Waals surface area (Å²) in [5, 5.41) is 14.5. The number of rotatable bonds is 7. The first-order chi connectivity index (χ1) is 17.0. The van der Waals surface area contributed by atoms with Crippen LogP contribution in [0.3, 0.4) is 0 Å². The summed E-state index contributed by atoms with van der Waals surface area (Å²) in [7, 11) is 0. The lowest BCUT2D eigenvalue weighted by molar-refractivity contribution is -0.0675. The number of nitrogens with zero attached hydrogens (tertiary/aromatic N) is 2. The summed E-state index contributed by atoms with van der Waals surface area (Å²) in [6, 6.07) is 10.1. The maximum atomic E-state index is 12.8.